The normalized spacial score (nSPS) is 24.8. The van der Waals surface area contributed by atoms with Crippen LogP contribution in [0.5, 0.6) is 0 Å². The highest BCUT2D eigenvalue weighted by Gasteiger charge is 2.66. The van der Waals surface area contributed by atoms with Crippen molar-refractivity contribution in [2.45, 2.75) is 17.1 Å². The van der Waals surface area contributed by atoms with Crippen LogP contribution in [0.1, 0.15) is 6.23 Å². The van der Waals surface area contributed by atoms with E-state index in [0.717, 1.165) is 16.3 Å². The minimum atomic E-state index is -6.41. The minimum absolute atomic E-state index is 0.00422. The molecule has 2 rings (SSSR count). The Morgan fingerprint density at radius 1 is 1.41 bits per heavy atom. The summed E-state index contributed by atoms with van der Waals surface area (Å²) in [6.07, 6.45) is 0.514. The molecule has 2 heterocycles. The number of aromatic nitrogens is 2. The van der Waals surface area contributed by atoms with Crippen molar-refractivity contribution >= 4 is 51.3 Å². The van der Waals surface area contributed by atoms with E-state index in [4.69, 9.17) is 25.2 Å². The third-order valence-electron chi connectivity index (χ3n) is 3.17. The van der Waals surface area contributed by atoms with Crippen LogP contribution >= 0.6 is 33.7 Å². The Morgan fingerprint density at radius 2 is 2.03 bits per heavy atom. The number of ether oxygens (including phenoxy) is 1. The fourth-order valence-electron chi connectivity index (χ4n) is 1.85. The van der Waals surface area contributed by atoms with E-state index in [1.54, 1.807) is 0 Å². The highest BCUT2D eigenvalue weighted by atomic mass is 32.5. The molecule has 2 unspecified atom stereocenters. The number of nitrogens with two attached hydrogens (primary N) is 1. The van der Waals surface area contributed by atoms with Gasteiger partial charge >= 0.3 is 33.0 Å². The Labute approximate surface area is 170 Å². The van der Waals surface area contributed by atoms with Crippen LogP contribution in [0.4, 0.5) is 14.6 Å². The second-order valence-corrected chi connectivity index (χ2v) is 13.3. The largest absolute Gasteiger partial charge is 0.444 e. The molecule has 20 heteroatoms. The summed E-state index contributed by atoms with van der Waals surface area (Å²) >= 11 is 5.40. The molecule has 0 saturated carbocycles. The van der Waals surface area contributed by atoms with Gasteiger partial charge in [0.1, 0.15) is 17.5 Å². The predicted octanol–water partition coefficient (Wildman–Crippen LogP) is 0.577. The average Bonchev–Trinajstić information content (AvgIpc) is 2.99. The molecule has 166 valence electrons. The second kappa shape index (κ2) is 8.69. The first-order valence-electron chi connectivity index (χ1n) is 7.12. The van der Waals surface area contributed by atoms with Crippen LogP contribution in [0.2, 0.25) is 0 Å². The molecule has 4 atom stereocenters. The van der Waals surface area contributed by atoms with Crippen molar-refractivity contribution in [3.63, 3.8) is 0 Å². The molecule has 1 saturated heterocycles. The Hall–Kier alpha value is -0.280. The molecule has 1 fully saturated rings. The maximum Gasteiger partial charge on any atom is 0.444 e. The fourth-order valence-corrected chi connectivity index (χ4v) is 7.61. The Kier molecular flexibility index (Phi) is 7.49. The molecule has 1 aliphatic heterocycles. The van der Waals surface area contributed by atoms with Gasteiger partial charge in [-0.2, -0.15) is 13.8 Å². The van der Waals surface area contributed by atoms with Crippen molar-refractivity contribution in [2.24, 2.45) is 0 Å². The van der Waals surface area contributed by atoms with Gasteiger partial charge in [-0.05, 0) is 17.9 Å². The number of halogens is 2. The SMILES string of the molecule is Nc1ccn([C@@H]2CS[C@H](COP(O)(=S)OP(=O)(O)C(F)(F)P(=O)(O)O)O2)c(=O)n1. The molecule has 1 aliphatic rings. The number of nitrogens with zero attached hydrogens (tertiary/aromatic N) is 2. The summed E-state index contributed by atoms with van der Waals surface area (Å²) < 4.78 is 64.0. The molecule has 29 heavy (non-hydrogen) atoms. The van der Waals surface area contributed by atoms with Crippen molar-refractivity contribution in [2.75, 3.05) is 18.1 Å². The zero-order chi connectivity index (χ0) is 22.3. The summed E-state index contributed by atoms with van der Waals surface area (Å²) in [5.74, 6) is 0.208. The van der Waals surface area contributed by atoms with E-state index in [-0.39, 0.29) is 11.6 Å². The second-order valence-electron chi connectivity index (χ2n) is 5.32. The lowest BCUT2D eigenvalue weighted by Crippen LogP contribution is -2.28. The smallest absolute Gasteiger partial charge is 0.383 e. The maximum absolute atomic E-state index is 13.4. The van der Waals surface area contributed by atoms with Gasteiger partial charge in [0.15, 0.2) is 0 Å². The molecule has 0 radical (unpaired) electrons. The van der Waals surface area contributed by atoms with Crippen molar-refractivity contribution in [1.29, 1.82) is 0 Å². The van der Waals surface area contributed by atoms with Gasteiger partial charge < -0.3 is 34.6 Å². The third-order valence-corrected chi connectivity index (χ3v) is 10.3. The summed E-state index contributed by atoms with van der Waals surface area (Å²) in [7, 11) is -12.8. The predicted molar refractivity (Wildman–Crippen MR) is 99.6 cm³/mol. The molecular weight excluding hydrogens is 505 g/mol. The number of hydrogen-bond donors (Lipinski definition) is 5. The van der Waals surface area contributed by atoms with Gasteiger partial charge in [-0.25, -0.2) is 9.11 Å². The van der Waals surface area contributed by atoms with Gasteiger partial charge in [0.2, 0.25) is 0 Å². The number of thioether (sulfide) groups is 1. The fraction of sp³-hybridized carbons (Fsp3) is 0.556. The molecule has 1 aromatic rings. The molecule has 0 aliphatic carbocycles. The summed E-state index contributed by atoms with van der Waals surface area (Å²) in [6, 6.07) is 1.35. The van der Waals surface area contributed by atoms with Crippen molar-refractivity contribution < 1.29 is 51.1 Å². The number of hydrogen-bond acceptors (Lipinski definition) is 10. The Morgan fingerprint density at radius 3 is 2.59 bits per heavy atom. The van der Waals surface area contributed by atoms with E-state index in [1.807, 2.05) is 0 Å². The number of nitrogen functional groups attached to an aromatic ring is 1. The topological polar surface area (TPSA) is 204 Å². The molecule has 0 spiro atoms. The van der Waals surface area contributed by atoms with Gasteiger partial charge in [0.25, 0.3) is 0 Å². The third kappa shape index (κ3) is 5.91. The quantitative estimate of drug-likeness (QED) is 0.298. The number of rotatable bonds is 8. The summed E-state index contributed by atoms with van der Waals surface area (Å²) in [5, 5.41) is -5.51. The van der Waals surface area contributed by atoms with Gasteiger partial charge in [-0.1, -0.05) is 0 Å². The van der Waals surface area contributed by atoms with E-state index in [2.05, 4.69) is 25.6 Å². The van der Waals surface area contributed by atoms with Gasteiger partial charge in [-0.3, -0.25) is 13.7 Å². The standard InChI is InChI=1S/C9H14F2N3O10P3S2/c10-9(11,25(16,17)18)26(19,20)24-27(21,28)22-3-7-23-6(4-29-7)14-2-1-5(12)13-8(14)15/h1-2,6-7H,3-4H2,(H,19,20)(H,21,28)(H2,12,13,15)(H2,16,17,18)/t6-,7+,27?/m0/s1. The minimum Gasteiger partial charge on any atom is -0.383 e. The van der Waals surface area contributed by atoms with E-state index in [0.29, 0.717) is 0 Å². The lowest BCUT2D eigenvalue weighted by atomic mass is 10.5. The zero-order valence-electron chi connectivity index (χ0n) is 13.8. The first-order valence-corrected chi connectivity index (χ1v) is 14.0. The highest BCUT2D eigenvalue weighted by Crippen LogP contribution is 2.77. The van der Waals surface area contributed by atoms with Crippen LogP contribution in [-0.2, 0) is 34.5 Å². The van der Waals surface area contributed by atoms with E-state index in [9.17, 15) is 27.6 Å². The molecule has 13 nitrogen and oxygen atoms in total. The number of alkyl halides is 2. The van der Waals surface area contributed by atoms with Crippen LogP contribution in [0.3, 0.4) is 0 Å². The first-order chi connectivity index (χ1) is 13.1. The van der Waals surface area contributed by atoms with Crippen molar-refractivity contribution in [1.82, 2.24) is 9.55 Å². The summed E-state index contributed by atoms with van der Waals surface area (Å²) in [4.78, 5) is 51.2. The van der Waals surface area contributed by atoms with E-state index in [1.165, 1.54) is 12.3 Å². The van der Waals surface area contributed by atoms with Crippen molar-refractivity contribution in [3.8, 4) is 0 Å². The first kappa shape index (κ1) is 25.0. The molecule has 0 aromatic carbocycles. The van der Waals surface area contributed by atoms with Crippen LogP contribution in [0.25, 0.3) is 0 Å². The molecular formula is C9H14F2N3O10P3S2. The molecule has 0 bridgehead atoms. The molecule has 0 amide bonds. The molecule has 6 N–H and O–H groups in total. The van der Waals surface area contributed by atoms with E-state index >= 15 is 0 Å². The highest BCUT2D eigenvalue weighted by molar-refractivity contribution is 8.08. The number of anilines is 1. The summed E-state index contributed by atoms with van der Waals surface area (Å²) in [6.45, 7) is -5.45. The Balaban J connectivity index is 1.99. The average molecular weight is 519 g/mol. The van der Waals surface area contributed by atoms with Crippen LogP contribution in [0, 0.1) is 0 Å². The molecule has 1 aromatic heterocycles. The lowest BCUT2D eigenvalue weighted by molar-refractivity contribution is -0.00397. The van der Waals surface area contributed by atoms with Crippen LogP contribution in [0.15, 0.2) is 17.1 Å². The Bertz CT molecular complexity index is 973. The summed E-state index contributed by atoms with van der Waals surface area (Å²) in [5.41, 5.74) is 3.77. The maximum atomic E-state index is 13.4. The van der Waals surface area contributed by atoms with Gasteiger partial charge in [0.05, 0.1) is 6.61 Å². The van der Waals surface area contributed by atoms with Crippen LogP contribution in [-0.4, -0.2) is 52.3 Å². The van der Waals surface area contributed by atoms with Gasteiger partial charge in [-0.15, -0.1) is 11.8 Å². The van der Waals surface area contributed by atoms with E-state index < -0.39 is 51.3 Å². The zero-order valence-corrected chi connectivity index (χ0v) is 18.2. The van der Waals surface area contributed by atoms with Crippen LogP contribution < -0.4 is 11.4 Å². The monoisotopic (exact) mass is 519 g/mol. The van der Waals surface area contributed by atoms with Crippen molar-refractivity contribution in [3.05, 3.63) is 22.7 Å². The van der Waals surface area contributed by atoms with Gasteiger partial charge in [0, 0.05) is 11.9 Å². The lowest BCUT2D eigenvalue weighted by Gasteiger charge is -2.25.